The maximum Gasteiger partial charge on any atom is 0.293 e. The molecule has 1 aromatic carbocycles. The molecule has 0 saturated carbocycles. The molecule has 0 aliphatic heterocycles. The number of amides is 1. The zero-order chi connectivity index (χ0) is 21.6. The first-order valence-electron chi connectivity index (χ1n) is 9.31. The molecular formula is C21H17F3N2O3S. The summed E-state index contributed by atoms with van der Waals surface area (Å²) in [7, 11) is 0. The molecule has 0 unspecified atom stereocenters. The van der Waals surface area contributed by atoms with Crippen LogP contribution in [-0.4, -0.2) is 16.7 Å². The fourth-order valence-electron chi connectivity index (χ4n) is 3.54. The first kappa shape index (κ1) is 20.3. The number of aryl methyl sites for hydroxylation is 2. The summed E-state index contributed by atoms with van der Waals surface area (Å²) >= 11 is 1.10. The maximum atomic E-state index is 14.0. The molecule has 4 rings (SSSR count). The summed E-state index contributed by atoms with van der Waals surface area (Å²) in [5.74, 6) is -3.98. The number of carbonyl (C=O) groups excluding carboxylic acids is 2. The molecule has 156 valence electrons. The van der Waals surface area contributed by atoms with Gasteiger partial charge < -0.3 is 4.42 Å². The number of hydrogen-bond donors (Lipinski definition) is 1. The Labute approximate surface area is 173 Å². The van der Waals surface area contributed by atoms with Crippen molar-refractivity contribution in [3.05, 3.63) is 68.4 Å². The zero-order valence-electron chi connectivity index (χ0n) is 16.2. The van der Waals surface area contributed by atoms with Gasteiger partial charge in [0, 0.05) is 29.7 Å². The first-order valence-corrected chi connectivity index (χ1v) is 10.1. The maximum absolute atomic E-state index is 14.0. The smallest absolute Gasteiger partial charge is 0.293 e. The predicted octanol–water partition coefficient (Wildman–Crippen LogP) is 5.13. The summed E-state index contributed by atoms with van der Waals surface area (Å²) in [5.41, 5.74) is 1.51. The third kappa shape index (κ3) is 3.54. The number of hydrogen-bond acceptors (Lipinski definition) is 5. The van der Waals surface area contributed by atoms with Crippen LogP contribution < -0.4 is 5.32 Å². The first-order chi connectivity index (χ1) is 14.3. The SMILES string of the molecule is Cc1nc(NC(=O)c2oc3c(c2C)C(=O)CCC3)sc1Cc1ccc(F)c(F)c1F. The van der Waals surface area contributed by atoms with Crippen LogP contribution in [0.15, 0.2) is 16.5 Å². The number of fused-ring (bicyclic) bond motifs is 1. The van der Waals surface area contributed by atoms with Crippen LogP contribution in [0.5, 0.6) is 0 Å². The summed E-state index contributed by atoms with van der Waals surface area (Å²) in [6, 6.07) is 2.05. The Hall–Kier alpha value is -2.94. The molecular weight excluding hydrogens is 417 g/mol. The van der Waals surface area contributed by atoms with Crippen molar-refractivity contribution < 1.29 is 27.2 Å². The topological polar surface area (TPSA) is 72.2 Å². The number of carbonyl (C=O) groups is 2. The lowest BCUT2D eigenvalue weighted by atomic mass is 9.94. The molecule has 9 heteroatoms. The van der Waals surface area contributed by atoms with Crippen molar-refractivity contribution in [3.8, 4) is 0 Å². The molecule has 5 nitrogen and oxygen atoms in total. The zero-order valence-corrected chi connectivity index (χ0v) is 17.0. The van der Waals surface area contributed by atoms with Crippen LogP contribution in [0, 0.1) is 31.3 Å². The van der Waals surface area contributed by atoms with Crippen LogP contribution in [0.2, 0.25) is 0 Å². The van der Waals surface area contributed by atoms with Gasteiger partial charge in [0.1, 0.15) is 5.76 Å². The third-order valence-electron chi connectivity index (χ3n) is 5.09. The molecule has 0 fully saturated rings. The molecule has 2 heterocycles. The number of thiazole rings is 1. The second-order valence-corrected chi connectivity index (χ2v) is 8.21. The second kappa shape index (κ2) is 7.71. The Balaban J connectivity index is 1.55. The van der Waals surface area contributed by atoms with Crippen molar-refractivity contribution in [2.45, 2.75) is 39.5 Å². The van der Waals surface area contributed by atoms with Crippen LogP contribution >= 0.6 is 11.3 Å². The Morgan fingerprint density at radius 3 is 2.70 bits per heavy atom. The van der Waals surface area contributed by atoms with E-state index in [4.69, 9.17) is 4.42 Å². The van der Waals surface area contributed by atoms with E-state index in [0.717, 1.165) is 17.4 Å². The molecule has 2 aromatic heterocycles. The van der Waals surface area contributed by atoms with Gasteiger partial charge in [-0.15, -0.1) is 11.3 Å². The highest BCUT2D eigenvalue weighted by Gasteiger charge is 2.29. The summed E-state index contributed by atoms with van der Waals surface area (Å²) in [5, 5.41) is 2.90. The van der Waals surface area contributed by atoms with Crippen molar-refractivity contribution in [2.24, 2.45) is 0 Å². The molecule has 1 N–H and O–H groups in total. The Kier molecular flexibility index (Phi) is 5.23. The number of nitrogens with one attached hydrogen (secondary N) is 1. The van der Waals surface area contributed by atoms with E-state index in [2.05, 4.69) is 10.3 Å². The van der Waals surface area contributed by atoms with Gasteiger partial charge in [0.25, 0.3) is 5.91 Å². The minimum absolute atomic E-state index is 0.00494. The van der Waals surface area contributed by atoms with E-state index in [0.29, 0.717) is 46.7 Å². The predicted molar refractivity (Wildman–Crippen MR) is 105 cm³/mol. The van der Waals surface area contributed by atoms with E-state index in [9.17, 15) is 22.8 Å². The minimum Gasteiger partial charge on any atom is -0.455 e. The molecule has 0 bridgehead atoms. The van der Waals surface area contributed by atoms with Crippen LogP contribution in [0.1, 0.15) is 61.2 Å². The highest BCUT2D eigenvalue weighted by atomic mass is 32.1. The van der Waals surface area contributed by atoms with Gasteiger partial charge >= 0.3 is 0 Å². The number of Topliss-reactive ketones (excluding diaryl/α,β-unsaturated/α-hetero) is 1. The van der Waals surface area contributed by atoms with Gasteiger partial charge in [-0.3, -0.25) is 14.9 Å². The monoisotopic (exact) mass is 434 g/mol. The normalized spacial score (nSPS) is 13.4. The molecule has 1 aliphatic rings. The van der Waals surface area contributed by atoms with Gasteiger partial charge in [-0.25, -0.2) is 18.2 Å². The largest absolute Gasteiger partial charge is 0.455 e. The molecule has 0 radical (unpaired) electrons. The van der Waals surface area contributed by atoms with Crippen molar-refractivity contribution in [3.63, 3.8) is 0 Å². The summed E-state index contributed by atoms with van der Waals surface area (Å²) in [4.78, 5) is 29.6. The Bertz CT molecular complexity index is 1180. The molecule has 1 aliphatic carbocycles. The van der Waals surface area contributed by atoms with Gasteiger partial charge in [-0.2, -0.15) is 0 Å². The van der Waals surface area contributed by atoms with Gasteiger partial charge in [-0.05, 0) is 31.9 Å². The molecule has 30 heavy (non-hydrogen) atoms. The minimum atomic E-state index is -1.52. The van der Waals surface area contributed by atoms with Gasteiger partial charge in [0.2, 0.25) is 0 Å². The van der Waals surface area contributed by atoms with Crippen LogP contribution in [0.25, 0.3) is 0 Å². The Morgan fingerprint density at radius 2 is 1.97 bits per heavy atom. The summed E-state index contributed by atoms with van der Waals surface area (Å²) in [6.07, 6.45) is 1.74. The lowest BCUT2D eigenvalue weighted by molar-refractivity contribution is 0.0963. The number of rotatable bonds is 4. The number of aromatic nitrogens is 1. The third-order valence-corrected chi connectivity index (χ3v) is 6.16. The fraction of sp³-hybridized carbons (Fsp3) is 0.286. The van der Waals surface area contributed by atoms with Gasteiger partial charge in [0.05, 0.1) is 11.3 Å². The van der Waals surface area contributed by atoms with Crippen molar-refractivity contribution in [1.82, 2.24) is 4.98 Å². The van der Waals surface area contributed by atoms with Crippen molar-refractivity contribution in [2.75, 3.05) is 5.32 Å². The number of anilines is 1. The van der Waals surface area contributed by atoms with E-state index in [1.54, 1.807) is 13.8 Å². The number of halogens is 3. The molecule has 0 saturated heterocycles. The molecule has 3 aromatic rings. The van der Waals surface area contributed by atoms with Crippen LogP contribution in [0.4, 0.5) is 18.3 Å². The lowest BCUT2D eigenvalue weighted by Crippen LogP contribution is -2.13. The van der Waals surface area contributed by atoms with Crippen molar-refractivity contribution >= 4 is 28.2 Å². The standard InChI is InChI=1S/C21H17F3N2O3S/c1-9-16-13(27)4-3-5-14(16)29-19(9)20(28)26-21-25-10(2)15(30-21)8-11-6-7-12(22)18(24)17(11)23/h6-7H,3-5,8H2,1-2H3,(H,25,26,28). The van der Waals surface area contributed by atoms with E-state index >= 15 is 0 Å². The second-order valence-electron chi connectivity index (χ2n) is 7.12. The summed E-state index contributed by atoms with van der Waals surface area (Å²) in [6.45, 7) is 3.35. The van der Waals surface area contributed by atoms with Gasteiger partial charge in [0.15, 0.2) is 34.1 Å². The summed E-state index contributed by atoms with van der Waals surface area (Å²) < 4.78 is 46.2. The average molecular weight is 434 g/mol. The fourth-order valence-corrected chi connectivity index (χ4v) is 4.52. The highest BCUT2D eigenvalue weighted by Crippen LogP contribution is 2.31. The quantitative estimate of drug-likeness (QED) is 0.578. The Morgan fingerprint density at radius 1 is 1.20 bits per heavy atom. The van der Waals surface area contributed by atoms with Crippen LogP contribution in [0.3, 0.4) is 0 Å². The van der Waals surface area contributed by atoms with Crippen LogP contribution in [-0.2, 0) is 12.8 Å². The van der Waals surface area contributed by atoms with Gasteiger partial charge in [-0.1, -0.05) is 6.07 Å². The van der Waals surface area contributed by atoms with Crippen molar-refractivity contribution in [1.29, 1.82) is 0 Å². The van der Waals surface area contributed by atoms with E-state index in [1.807, 2.05) is 0 Å². The number of benzene rings is 1. The molecule has 0 spiro atoms. The van der Waals surface area contributed by atoms with E-state index in [-0.39, 0.29) is 28.7 Å². The highest BCUT2D eigenvalue weighted by molar-refractivity contribution is 7.15. The average Bonchev–Trinajstić information content (AvgIpc) is 3.22. The number of nitrogens with zero attached hydrogens (tertiary/aromatic N) is 1. The van der Waals surface area contributed by atoms with E-state index < -0.39 is 23.4 Å². The number of furan rings is 1. The molecule has 1 amide bonds. The number of ketones is 1. The lowest BCUT2D eigenvalue weighted by Gasteiger charge is -2.07. The molecule has 0 atom stereocenters. The van der Waals surface area contributed by atoms with E-state index in [1.165, 1.54) is 6.07 Å².